The van der Waals surface area contributed by atoms with Gasteiger partial charge in [-0.15, -0.1) is 0 Å². The Labute approximate surface area is 154 Å². The van der Waals surface area contributed by atoms with E-state index in [9.17, 15) is 13.6 Å². The molecule has 1 N–H and O–H groups in total. The van der Waals surface area contributed by atoms with Gasteiger partial charge in [0.25, 0.3) is 5.92 Å². The first-order valence-electron chi connectivity index (χ1n) is 9.74. The molecule has 2 heterocycles. The standard InChI is InChI=1S/C20H29F2N3O/c1-2-16-9-5-6-10-18(16)23-19(26)25-15-20(21,22)13-17(25)14-24-11-7-3-4-8-12-24/h5-6,9-10,17H,2-4,7-8,11-15H2,1H3,(H,23,26)/t17-/m0/s1. The number of benzene rings is 1. The van der Waals surface area contributed by atoms with E-state index in [1.807, 2.05) is 31.2 Å². The summed E-state index contributed by atoms with van der Waals surface area (Å²) in [7, 11) is 0. The molecule has 0 aliphatic carbocycles. The van der Waals surface area contributed by atoms with Crippen LogP contribution in [-0.4, -0.2) is 54.0 Å². The Kier molecular flexibility index (Phi) is 6.12. The van der Waals surface area contributed by atoms with E-state index in [0.717, 1.165) is 37.9 Å². The third kappa shape index (κ3) is 4.72. The van der Waals surface area contributed by atoms with Crippen LogP contribution in [0.15, 0.2) is 24.3 Å². The molecule has 2 aliphatic rings. The molecule has 1 atom stereocenters. The zero-order chi connectivity index (χ0) is 18.6. The van der Waals surface area contributed by atoms with Gasteiger partial charge >= 0.3 is 6.03 Å². The number of amides is 2. The van der Waals surface area contributed by atoms with E-state index < -0.39 is 24.5 Å². The average molecular weight is 365 g/mol. The van der Waals surface area contributed by atoms with Crippen LogP contribution in [0.3, 0.4) is 0 Å². The highest BCUT2D eigenvalue weighted by Gasteiger charge is 2.47. The van der Waals surface area contributed by atoms with Gasteiger partial charge in [-0.05, 0) is 44.0 Å². The number of nitrogens with one attached hydrogen (secondary N) is 1. The Hall–Kier alpha value is -1.69. The lowest BCUT2D eigenvalue weighted by Gasteiger charge is -2.29. The fraction of sp³-hybridized carbons (Fsp3) is 0.650. The Morgan fingerprint density at radius 1 is 1.19 bits per heavy atom. The van der Waals surface area contributed by atoms with Gasteiger partial charge in [-0.3, -0.25) is 0 Å². The second-order valence-electron chi connectivity index (χ2n) is 7.50. The minimum Gasteiger partial charge on any atom is -0.314 e. The maximum atomic E-state index is 14.1. The molecule has 2 fully saturated rings. The molecule has 0 radical (unpaired) electrons. The molecular formula is C20H29F2N3O. The van der Waals surface area contributed by atoms with Crippen LogP contribution in [0.4, 0.5) is 19.3 Å². The monoisotopic (exact) mass is 365 g/mol. The van der Waals surface area contributed by atoms with Crippen LogP contribution in [0.2, 0.25) is 0 Å². The molecule has 1 aromatic carbocycles. The topological polar surface area (TPSA) is 35.6 Å². The van der Waals surface area contributed by atoms with Crippen LogP contribution in [0.1, 0.15) is 44.6 Å². The first-order valence-corrected chi connectivity index (χ1v) is 9.74. The molecule has 0 unspecified atom stereocenters. The van der Waals surface area contributed by atoms with Gasteiger partial charge in [0, 0.05) is 18.7 Å². The zero-order valence-corrected chi connectivity index (χ0v) is 15.5. The normalized spacial score (nSPS) is 23.7. The smallest absolute Gasteiger partial charge is 0.314 e. The molecule has 2 aliphatic heterocycles. The van der Waals surface area contributed by atoms with Crippen molar-refractivity contribution in [3.63, 3.8) is 0 Å². The van der Waals surface area contributed by atoms with Crippen molar-refractivity contribution in [1.82, 2.24) is 9.80 Å². The van der Waals surface area contributed by atoms with Gasteiger partial charge in [-0.2, -0.15) is 0 Å². The molecular weight excluding hydrogens is 336 g/mol. The quantitative estimate of drug-likeness (QED) is 0.860. The first kappa shape index (κ1) is 19.1. The highest BCUT2D eigenvalue weighted by molar-refractivity contribution is 5.90. The van der Waals surface area contributed by atoms with Gasteiger partial charge in [0.15, 0.2) is 0 Å². The Morgan fingerprint density at radius 2 is 1.88 bits per heavy atom. The Balaban J connectivity index is 1.69. The van der Waals surface area contributed by atoms with Crippen molar-refractivity contribution in [3.8, 4) is 0 Å². The number of aryl methyl sites for hydroxylation is 1. The number of alkyl halides is 2. The minimum atomic E-state index is -2.81. The minimum absolute atomic E-state index is 0.244. The molecule has 2 saturated heterocycles. The highest BCUT2D eigenvalue weighted by atomic mass is 19.3. The van der Waals surface area contributed by atoms with Crippen LogP contribution >= 0.6 is 0 Å². The summed E-state index contributed by atoms with van der Waals surface area (Å²) in [4.78, 5) is 16.3. The highest BCUT2D eigenvalue weighted by Crippen LogP contribution is 2.33. The Morgan fingerprint density at radius 3 is 2.58 bits per heavy atom. The van der Waals surface area contributed by atoms with Crippen LogP contribution in [0, 0.1) is 0 Å². The summed E-state index contributed by atoms with van der Waals surface area (Å²) in [5.41, 5.74) is 1.72. The Bertz CT molecular complexity index is 615. The second-order valence-corrected chi connectivity index (χ2v) is 7.50. The van der Waals surface area contributed by atoms with Crippen molar-refractivity contribution in [2.75, 3.05) is 31.5 Å². The fourth-order valence-electron chi connectivity index (χ4n) is 4.05. The summed E-state index contributed by atoms with van der Waals surface area (Å²) in [5, 5.41) is 2.86. The molecule has 0 aromatic heterocycles. The van der Waals surface area contributed by atoms with Crippen molar-refractivity contribution in [2.24, 2.45) is 0 Å². The number of urea groups is 1. The van der Waals surface area contributed by atoms with Crippen molar-refractivity contribution < 1.29 is 13.6 Å². The van der Waals surface area contributed by atoms with E-state index in [1.165, 1.54) is 17.7 Å². The fourth-order valence-corrected chi connectivity index (χ4v) is 4.05. The van der Waals surface area contributed by atoms with E-state index >= 15 is 0 Å². The molecule has 26 heavy (non-hydrogen) atoms. The van der Waals surface area contributed by atoms with E-state index in [0.29, 0.717) is 12.2 Å². The van der Waals surface area contributed by atoms with Crippen molar-refractivity contribution in [3.05, 3.63) is 29.8 Å². The third-order valence-electron chi connectivity index (χ3n) is 5.45. The van der Waals surface area contributed by atoms with Crippen LogP contribution in [0.25, 0.3) is 0 Å². The number of para-hydroxylation sites is 1. The SMILES string of the molecule is CCc1ccccc1NC(=O)N1CC(F)(F)C[C@H]1CN1CCCCCC1. The van der Waals surface area contributed by atoms with E-state index in [-0.39, 0.29) is 6.42 Å². The van der Waals surface area contributed by atoms with Gasteiger partial charge in [-0.25, -0.2) is 13.6 Å². The average Bonchev–Trinajstić information content (AvgIpc) is 2.77. The molecule has 0 bridgehead atoms. The van der Waals surface area contributed by atoms with Gasteiger partial charge < -0.3 is 15.1 Å². The van der Waals surface area contributed by atoms with Gasteiger partial charge in [0.1, 0.15) is 0 Å². The lowest BCUT2D eigenvalue weighted by Crippen LogP contribution is -2.45. The number of carbonyl (C=O) groups excluding carboxylic acids is 1. The number of rotatable bonds is 4. The molecule has 144 valence electrons. The van der Waals surface area contributed by atoms with Gasteiger partial charge in [0.05, 0.1) is 12.6 Å². The van der Waals surface area contributed by atoms with Crippen molar-refractivity contribution >= 4 is 11.7 Å². The number of hydrogen-bond donors (Lipinski definition) is 1. The summed E-state index contributed by atoms with van der Waals surface area (Å²) in [6.45, 7) is 3.94. The van der Waals surface area contributed by atoms with Crippen molar-refractivity contribution in [1.29, 1.82) is 0 Å². The maximum Gasteiger partial charge on any atom is 0.322 e. The van der Waals surface area contributed by atoms with E-state index in [4.69, 9.17) is 0 Å². The maximum absolute atomic E-state index is 14.1. The lowest BCUT2D eigenvalue weighted by molar-refractivity contribution is 0.0148. The number of hydrogen-bond acceptors (Lipinski definition) is 2. The molecule has 0 spiro atoms. The molecule has 6 heteroatoms. The number of nitrogens with zero attached hydrogens (tertiary/aromatic N) is 2. The first-order chi connectivity index (χ1) is 12.5. The number of halogens is 2. The molecule has 4 nitrogen and oxygen atoms in total. The van der Waals surface area contributed by atoms with Gasteiger partial charge in [-0.1, -0.05) is 38.0 Å². The number of carbonyl (C=O) groups is 1. The van der Waals surface area contributed by atoms with Crippen LogP contribution < -0.4 is 5.32 Å². The number of likely N-dealkylation sites (tertiary alicyclic amines) is 2. The van der Waals surface area contributed by atoms with E-state index in [1.54, 1.807) is 0 Å². The second kappa shape index (κ2) is 8.33. The molecule has 0 saturated carbocycles. The predicted molar refractivity (Wildman–Crippen MR) is 99.8 cm³/mol. The van der Waals surface area contributed by atoms with E-state index in [2.05, 4.69) is 10.2 Å². The summed E-state index contributed by atoms with van der Waals surface area (Å²) >= 11 is 0. The summed E-state index contributed by atoms with van der Waals surface area (Å²) in [6, 6.07) is 6.69. The lowest BCUT2D eigenvalue weighted by atomic mass is 10.1. The summed E-state index contributed by atoms with van der Waals surface area (Å²) in [5.74, 6) is -2.81. The molecule has 3 rings (SSSR count). The number of anilines is 1. The third-order valence-corrected chi connectivity index (χ3v) is 5.45. The van der Waals surface area contributed by atoms with Crippen LogP contribution in [0.5, 0.6) is 0 Å². The predicted octanol–water partition coefficient (Wildman–Crippen LogP) is 4.37. The van der Waals surface area contributed by atoms with Crippen LogP contribution in [-0.2, 0) is 6.42 Å². The molecule has 2 amide bonds. The molecule has 1 aromatic rings. The zero-order valence-electron chi connectivity index (χ0n) is 15.5. The largest absolute Gasteiger partial charge is 0.322 e. The van der Waals surface area contributed by atoms with Crippen molar-refractivity contribution in [2.45, 2.75) is 57.4 Å². The van der Waals surface area contributed by atoms with Gasteiger partial charge in [0.2, 0.25) is 0 Å². The summed E-state index contributed by atoms with van der Waals surface area (Å²) in [6.07, 6.45) is 5.17. The summed E-state index contributed by atoms with van der Waals surface area (Å²) < 4.78 is 28.2.